The van der Waals surface area contributed by atoms with Crippen molar-refractivity contribution in [3.8, 4) is 0 Å². The molecule has 2 N–H and O–H groups in total. The Labute approximate surface area is 151 Å². The van der Waals surface area contributed by atoms with Crippen LogP contribution in [0.1, 0.15) is 23.1 Å². The van der Waals surface area contributed by atoms with E-state index in [0.29, 0.717) is 24.6 Å². The van der Waals surface area contributed by atoms with Gasteiger partial charge in [-0.15, -0.1) is 35.3 Å². The normalized spacial score (nSPS) is 11.0. The number of halogens is 2. The van der Waals surface area contributed by atoms with Gasteiger partial charge < -0.3 is 10.6 Å². The van der Waals surface area contributed by atoms with E-state index in [9.17, 15) is 4.39 Å². The standard InChI is InChI=1S/C15H19FN4S.HI/c1-3-17-15(19-9-14-11(2)20-10-21-14)18-8-12-6-4-5-7-13(12)16;/h4-7,10H,3,8-9H2,1-2H3,(H2,17,18,19);1H. The smallest absolute Gasteiger partial charge is 0.191 e. The van der Waals surface area contributed by atoms with Gasteiger partial charge in [0.15, 0.2) is 5.96 Å². The molecule has 7 heteroatoms. The maximum absolute atomic E-state index is 13.6. The number of aliphatic imine (C=N–C) groups is 1. The number of hydrogen-bond acceptors (Lipinski definition) is 3. The molecule has 4 nitrogen and oxygen atoms in total. The summed E-state index contributed by atoms with van der Waals surface area (Å²) in [6.07, 6.45) is 0. The van der Waals surface area contributed by atoms with Crippen LogP contribution in [0.3, 0.4) is 0 Å². The minimum Gasteiger partial charge on any atom is -0.357 e. The van der Waals surface area contributed by atoms with Crippen LogP contribution >= 0.6 is 35.3 Å². The van der Waals surface area contributed by atoms with E-state index in [1.165, 1.54) is 10.9 Å². The molecule has 0 amide bonds. The van der Waals surface area contributed by atoms with E-state index in [0.717, 1.165) is 12.2 Å². The Hall–Kier alpha value is -1.22. The van der Waals surface area contributed by atoms with Crippen LogP contribution in [0, 0.1) is 12.7 Å². The Bertz CT molecular complexity index is 615. The molecule has 0 radical (unpaired) electrons. The minimum absolute atomic E-state index is 0. The van der Waals surface area contributed by atoms with Crippen LogP contribution in [0.5, 0.6) is 0 Å². The summed E-state index contributed by atoms with van der Waals surface area (Å²) < 4.78 is 13.6. The van der Waals surface area contributed by atoms with Crippen molar-refractivity contribution in [2.45, 2.75) is 26.9 Å². The van der Waals surface area contributed by atoms with E-state index >= 15 is 0 Å². The SMILES string of the molecule is CCNC(=NCc1ccccc1F)NCc1scnc1C.I. The zero-order valence-electron chi connectivity index (χ0n) is 12.6. The predicted molar refractivity (Wildman–Crippen MR) is 100 cm³/mol. The molecule has 0 saturated carbocycles. The van der Waals surface area contributed by atoms with Crippen LogP contribution in [-0.4, -0.2) is 17.5 Å². The molecule has 0 bridgehead atoms. The summed E-state index contributed by atoms with van der Waals surface area (Å²) in [6, 6.07) is 6.69. The van der Waals surface area contributed by atoms with Crippen molar-refractivity contribution in [3.63, 3.8) is 0 Å². The third-order valence-corrected chi connectivity index (χ3v) is 3.91. The number of rotatable bonds is 5. The van der Waals surface area contributed by atoms with Crippen LogP contribution in [0.2, 0.25) is 0 Å². The molecule has 120 valence electrons. The molecule has 0 saturated heterocycles. The molecule has 2 rings (SSSR count). The Kier molecular flexibility index (Phi) is 8.32. The highest BCUT2D eigenvalue weighted by molar-refractivity contribution is 14.0. The summed E-state index contributed by atoms with van der Waals surface area (Å²) in [5.74, 6) is 0.448. The molecule has 0 unspecified atom stereocenters. The lowest BCUT2D eigenvalue weighted by molar-refractivity contribution is 0.610. The van der Waals surface area contributed by atoms with E-state index in [-0.39, 0.29) is 29.8 Å². The molecule has 2 aromatic rings. The van der Waals surface area contributed by atoms with Crippen molar-refractivity contribution in [2.75, 3.05) is 6.54 Å². The maximum atomic E-state index is 13.6. The summed E-state index contributed by atoms with van der Waals surface area (Å²) in [5, 5.41) is 6.40. The molecule has 0 aliphatic rings. The first kappa shape index (κ1) is 18.8. The summed E-state index contributed by atoms with van der Waals surface area (Å²) in [5.41, 5.74) is 3.44. The number of guanidine groups is 1. The van der Waals surface area contributed by atoms with Crippen molar-refractivity contribution in [1.29, 1.82) is 0 Å². The number of thiazole rings is 1. The maximum Gasteiger partial charge on any atom is 0.191 e. The van der Waals surface area contributed by atoms with Gasteiger partial charge in [-0.1, -0.05) is 18.2 Å². The number of aryl methyl sites for hydroxylation is 1. The van der Waals surface area contributed by atoms with Crippen LogP contribution < -0.4 is 10.6 Å². The highest BCUT2D eigenvalue weighted by atomic mass is 127. The van der Waals surface area contributed by atoms with Crippen LogP contribution in [0.4, 0.5) is 4.39 Å². The van der Waals surface area contributed by atoms with Gasteiger partial charge in [0.05, 0.1) is 24.3 Å². The molecule has 0 aliphatic carbocycles. The summed E-state index contributed by atoms with van der Waals surface area (Å²) in [6.45, 7) is 5.71. The van der Waals surface area contributed by atoms with E-state index in [4.69, 9.17) is 0 Å². The number of hydrogen-bond donors (Lipinski definition) is 2. The van der Waals surface area contributed by atoms with Gasteiger partial charge in [0.25, 0.3) is 0 Å². The van der Waals surface area contributed by atoms with Crippen LogP contribution in [0.15, 0.2) is 34.8 Å². The van der Waals surface area contributed by atoms with Gasteiger partial charge in [0.1, 0.15) is 5.82 Å². The average Bonchev–Trinajstić information content (AvgIpc) is 2.89. The topological polar surface area (TPSA) is 49.3 Å². The first-order chi connectivity index (χ1) is 10.2. The molecule has 0 atom stereocenters. The monoisotopic (exact) mass is 434 g/mol. The van der Waals surface area contributed by atoms with Crippen molar-refractivity contribution >= 4 is 41.3 Å². The van der Waals surface area contributed by atoms with Gasteiger partial charge >= 0.3 is 0 Å². The second-order valence-electron chi connectivity index (χ2n) is 4.50. The molecular weight excluding hydrogens is 414 g/mol. The van der Waals surface area contributed by atoms with Crippen molar-refractivity contribution < 1.29 is 4.39 Å². The fourth-order valence-electron chi connectivity index (χ4n) is 1.79. The van der Waals surface area contributed by atoms with E-state index in [1.54, 1.807) is 23.5 Å². The van der Waals surface area contributed by atoms with Gasteiger partial charge in [-0.2, -0.15) is 0 Å². The molecule has 22 heavy (non-hydrogen) atoms. The largest absolute Gasteiger partial charge is 0.357 e. The lowest BCUT2D eigenvalue weighted by Crippen LogP contribution is -2.36. The van der Waals surface area contributed by atoms with Crippen LogP contribution in [0.25, 0.3) is 0 Å². The third kappa shape index (κ3) is 5.53. The van der Waals surface area contributed by atoms with Gasteiger partial charge in [-0.25, -0.2) is 14.4 Å². The molecule has 0 aliphatic heterocycles. The first-order valence-corrected chi connectivity index (χ1v) is 7.73. The highest BCUT2D eigenvalue weighted by Crippen LogP contribution is 2.11. The number of nitrogens with one attached hydrogen (secondary N) is 2. The van der Waals surface area contributed by atoms with E-state index in [1.807, 2.05) is 25.4 Å². The fourth-order valence-corrected chi connectivity index (χ4v) is 2.51. The molecule has 1 aromatic carbocycles. The first-order valence-electron chi connectivity index (χ1n) is 6.85. The van der Waals surface area contributed by atoms with Gasteiger partial charge in [0.2, 0.25) is 0 Å². The summed E-state index contributed by atoms with van der Waals surface area (Å²) >= 11 is 1.61. The highest BCUT2D eigenvalue weighted by Gasteiger charge is 2.04. The number of nitrogens with zero attached hydrogens (tertiary/aromatic N) is 2. The van der Waals surface area contributed by atoms with E-state index in [2.05, 4.69) is 20.6 Å². The van der Waals surface area contributed by atoms with Gasteiger partial charge in [-0.3, -0.25) is 0 Å². The van der Waals surface area contributed by atoms with Crippen molar-refractivity contribution in [2.24, 2.45) is 4.99 Å². The second kappa shape index (κ2) is 9.73. The lowest BCUT2D eigenvalue weighted by Gasteiger charge is -2.11. The summed E-state index contributed by atoms with van der Waals surface area (Å²) in [4.78, 5) is 9.80. The average molecular weight is 434 g/mol. The van der Waals surface area contributed by atoms with Crippen LogP contribution in [-0.2, 0) is 13.1 Å². The summed E-state index contributed by atoms with van der Waals surface area (Å²) in [7, 11) is 0. The quantitative estimate of drug-likeness (QED) is 0.431. The van der Waals surface area contributed by atoms with Crippen molar-refractivity contribution in [3.05, 3.63) is 51.7 Å². The van der Waals surface area contributed by atoms with Crippen molar-refractivity contribution in [1.82, 2.24) is 15.6 Å². The van der Waals surface area contributed by atoms with Gasteiger partial charge in [0, 0.05) is 17.0 Å². The van der Waals surface area contributed by atoms with E-state index < -0.39 is 0 Å². The van der Waals surface area contributed by atoms with Gasteiger partial charge in [-0.05, 0) is 19.9 Å². The fraction of sp³-hybridized carbons (Fsp3) is 0.333. The minimum atomic E-state index is -0.226. The molecule has 1 heterocycles. The molecule has 1 aromatic heterocycles. The Balaban J connectivity index is 0.00000242. The lowest BCUT2D eigenvalue weighted by atomic mass is 10.2. The zero-order chi connectivity index (χ0) is 15.1. The zero-order valence-corrected chi connectivity index (χ0v) is 15.7. The number of benzene rings is 1. The third-order valence-electron chi connectivity index (χ3n) is 2.97. The molecular formula is C15H20FIN4S. The number of aromatic nitrogens is 1. The molecule has 0 fully saturated rings. The predicted octanol–water partition coefficient (Wildman–Crippen LogP) is 3.46. The Morgan fingerprint density at radius 2 is 2.09 bits per heavy atom. The Morgan fingerprint density at radius 3 is 2.73 bits per heavy atom. The second-order valence-corrected chi connectivity index (χ2v) is 5.44. The molecule has 0 spiro atoms. The Morgan fingerprint density at radius 1 is 1.32 bits per heavy atom.